The van der Waals surface area contributed by atoms with Gasteiger partial charge in [0.05, 0.1) is 24.0 Å². The van der Waals surface area contributed by atoms with E-state index in [4.69, 9.17) is 9.47 Å². The Morgan fingerprint density at radius 3 is 1.43 bits per heavy atom. The highest BCUT2D eigenvalue weighted by molar-refractivity contribution is 5.93. The third-order valence-corrected chi connectivity index (χ3v) is 5.41. The first-order valence-electron chi connectivity index (χ1n) is 10.3. The monoisotopic (exact) mass is 416 g/mol. The van der Waals surface area contributed by atoms with E-state index in [0.29, 0.717) is 38.9 Å². The number of aliphatic carboxylic acids is 2. The van der Waals surface area contributed by atoms with E-state index in [1.807, 2.05) is 36.4 Å². The number of benzene rings is 2. The van der Waals surface area contributed by atoms with Gasteiger partial charge >= 0.3 is 11.9 Å². The molecule has 2 N–H and O–H groups in total. The van der Waals surface area contributed by atoms with Crippen LogP contribution >= 0.6 is 0 Å². The van der Waals surface area contributed by atoms with Gasteiger partial charge in [-0.1, -0.05) is 24.3 Å². The zero-order valence-electron chi connectivity index (χ0n) is 18.2. The molecular formula is C24H32O6. The maximum Gasteiger partial charge on any atom is 0.309 e. The van der Waals surface area contributed by atoms with E-state index < -0.39 is 22.8 Å². The van der Waals surface area contributed by atoms with Gasteiger partial charge < -0.3 is 19.7 Å². The van der Waals surface area contributed by atoms with Gasteiger partial charge in [0.25, 0.3) is 0 Å². The molecule has 0 amide bonds. The van der Waals surface area contributed by atoms with E-state index in [9.17, 15) is 19.8 Å². The molecule has 0 saturated heterocycles. The van der Waals surface area contributed by atoms with Crippen molar-refractivity contribution < 1.29 is 29.3 Å². The number of rotatable bonds is 12. The average molecular weight is 417 g/mol. The van der Waals surface area contributed by atoms with E-state index in [1.54, 1.807) is 27.7 Å². The second kappa shape index (κ2) is 9.83. The van der Waals surface area contributed by atoms with Crippen molar-refractivity contribution in [1.29, 1.82) is 0 Å². The molecule has 0 aromatic heterocycles. The summed E-state index contributed by atoms with van der Waals surface area (Å²) < 4.78 is 11.9. The van der Waals surface area contributed by atoms with Crippen LogP contribution in [0, 0.1) is 10.8 Å². The van der Waals surface area contributed by atoms with E-state index in [0.717, 1.165) is 22.3 Å². The number of hydrogen-bond acceptors (Lipinski definition) is 4. The van der Waals surface area contributed by atoms with Crippen LogP contribution < -0.4 is 9.47 Å². The lowest BCUT2D eigenvalue weighted by Crippen LogP contribution is -2.24. The summed E-state index contributed by atoms with van der Waals surface area (Å²) in [6.45, 7) is 7.74. The molecule has 2 aromatic rings. The summed E-state index contributed by atoms with van der Waals surface area (Å²) in [4.78, 5) is 22.4. The topological polar surface area (TPSA) is 93.1 Å². The van der Waals surface area contributed by atoms with E-state index in [2.05, 4.69) is 0 Å². The van der Waals surface area contributed by atoms with Crippen molar-refractivity contribution in [3.8, 4) is 11.5 Å². The lowest BCUT2D eigenvalue weighted by molar-refractivity contribution is -0.148. The number of fused-ring (bicyclic) bond motifs is 1. The molecule has 6 nitrogen and oxygen atoms in total. The molecule has 164 valence electrons. The van der Waals surface area contributed by atoms with Gasteiger partial charge in [0.1, 0.15) is 11.5 Å². The van der Waals surface area contributed by atoms with Crippen molar-refractivity contribution >= 4 is 22.7 Å². The summed E-state index contributed by atoms with van der Waals surface area (Å²) in [7, 11) is 0. The molecule has 0 atom stereocenters. The van der Waals surface area contributed by atoms with E-state index in [1.165, 1.54) is 0 Å². The minimum Gasteiger partial charge on any atom is -0.493 e. The van der Waals surface area contributed by atoms with Gasteiger partial charge in [-0.05, 0) is 65.5 Å². The van der Waals surface area contributed by atoms with Crippen molar-refractivity contribution in [3.63, 3.8) is 0 Å². The van der Waals surface area contributed by atoms with Gasteiger partial charge in [-0.3, -0.25) is 9.59 Å². The highest BCUT2D eigenvalue weighted by atomic mass is 16.5. The number of carboxylic acids is 2. The number of ether oxygens (including phenoxy) is 2. The van der Waals surface area contributed by atoms with Crippen LogP contribution in [-0.4, -0.2) is 35.4 Å². The van der Waals surface area contributed by atoms with Crippen molar-refractivity contribution in [2.75, 3.05) is 13.2 Å². The number of hydrogen-bond donors (Lipinski definition) is 2. The molecule has 0 spiro atoms. The van der Waals surface area contributed by atoms with Gasteiger partial charge in [0.2, 0.25) is 0 Å². The summed E-state index contributed by atoms with van der Waals surface area (Å²) in [5, 5.41) is 20.3. The molecule has 2 aromatic carbocycles. The minimum atomic E-state index is -0.804. The fourth-order valence-corrected chi connectivity index (χ4v) is 3.11. The maximum atomic E-state index is 11.2. The normalized spacial score (nSPS) is 12.0. The van der Waals surface area contributed by atoms with Crippen LogP contribution in [0.1, 0.15) is 53.4 Å². The van der Waals surface area contributed by atoms with Crippen molar-refractivity contribution in [2.24, 2.45) is 10.8 Å². The Bertz CT molecular complexity index is 811. The predicted octanol–water partition coefficient (Wildman–Crippen LogP) is 5.38. The lowest BCUT2D eigenvalue weighted by atomic mass is 9.88. The molecular weight excluding hydrogens is 384 g/mol. The summed E-state index contributed by atoms with van der Waals surface area (Å²) >= 11 is 0. The zero-order chi connectivity index (χ0) is 22.4. The molecule has 0 aliphatic heterocycles. The third-order valence-electron chi connectivity index (χ3n) is 5.41. The quantitative estimate of drug-likeness (QED) is 0.451. The zero-order valence-corrected chi connectivity index (χ0v) is 18.2. The Balaban J connectivity index is 1.99. The van der Waals surface area contributed by atoms with Gasteiger partial charge in [0.15, 0.2) is 0 Å². The van der Waals surface area contributed by atoms with Crippen LogP contribution in [0.2, 0.25) is 0 Å². The van der Waals surface area contributed by atoms with Crippen LogP contribution in [-0.2, 0) is 9.59 Å². The van der Waals surface area contributed by atoms with Crippen LogP contribution in [0.4, 0.5) is 0 Å². The molecule has 0 radical (unpaired) electrons. The summed E-state index contributed by atoms with van der Waals surface area (Å²) in [6, 6.07) is 11.5. The summed E-state index contributed by atoms with van der Waals surface area (Å²) in [5.74, 6) is -0.140. The smallest absolute Gasteiger partial charge is 0.309 e. The molecule has 0 heterocycles. The third kappa shape index (κ3) is 6.12. The SMILES string of the molecule is CC(C)(CCCOc1cccc2c(OCCCC(C)(C)C(=O)O)cccc12)C(=O)O. The molecule has 30 heavy (non-hydrogen) atoms. The first-order valence-corrected chi connectivity index (χ1v) is 10.3. The predicted molar refractivity (Wildman–Crippen MR) is 116 cm³/mol. The average Bonchev–Trinajstić information content (AvgIpc) is 2.68. The Kier molecular flexibility index (Phi) is 7.71. The first kappa shape index (κ1) is 23.5. The Morgan fingerprint density at radius 1 is 0.733 bits per heavy atom. The van der Waals surface area contributed by atoms with Crippen LogP contribution in [0.5, 0.6) is 11.5 Å². The standard InChI is InChI=1S/C24H32O6/c1-23(2,21(25)26)13-7-15-29-19-11-5-10-18-17(19)9-6-12-20(18)30-16-8-14-24(3,4)22(27)28/h5-6,9-12H,7-8,13-16H2,1-4H3,(H,25,26)(H,27,28). The lowest BCUT2D eigenvalue weighted by Gasteiger charge is -2.19. The number of carboxylic acid groups (broad SMARTS) is 2. The fourth-order valence-electron chi connectivity index (χ4n) is 3.11. The van der Waals surface area contributed by atoms with Crippen molar-refractivity contribution in [1.82, 2.24) is 0 Å². The molecule has 0 unspecified atom stereocenters. The Morgan fingerprint density at radius 2 is 1.10 bits per heavy atom. The van der Waals surface area contributed by atoms with E-state index in [-0.39, 0.29) is 0 Å². The van der Waals surface area contributed by atoms with Crippen molar-refractivity contribution in [3.05, 3.63) is 36.4 Å². The highest BCUT2D eigenvalue weighted by Crippen LogP contribution is 2.33. The van der Waals surface area contributed by atoms with Gasteiger partial charge in [-0.15, -0.1) is 0 Å². The Labute approximate surface area is 177 Å². The van der Waals surface area contributed by atoms with Gasteiger partial charge in [0, 0.05) is 10.8 Å². The molecule has 0 aliphatic rings. The van der Waals surface area contributed by atoms with E-state index >= 15 is 0 Å². The fraction of sp³-hybridized carbons (Fsp3) is 0.500. The molecule has 2 rings (SSSR count). The minimum absolute atomic E-state index is 0.436. The summed E-state index contributed by atoms with van der Waals surface area (Å²) in [6.07, 6.45) is 2.36. The molecule has 0 aliphatic carbocycles. The Hall–Kier alpha value is -2.76. The first-order chi connectivity index (χ1) is 14.0. The maximum absolute atomic E-state index is 11.2. The summed E-state index contributed by atoms with van der Waals surface area (Å²) in [5.41, 5.74) is -1.53. The van der Waals surface area contributed by atoms with Gasteiger partial charge in [-0.25, -0.2) is 0 Å². The second-order valence-corrected chi connectivity index (χ2v) is 8.89. The largest absolute Gasteiger partial charge is 0.493 e. The highest BCUT2D eigenvalue weighted by Gasteiger charge is 2.27. The number of carbonyl (C=O) groups is 2. The molecule has 0 bridgehead atoms. The molecule has 0 saturated carbocycles. The molecule has 6 heteroatoms. The van der Waals surface area contributed by atoms with Crippen LogP contribution in [0.15, 0.2) is 36.4 Å². The van der Waals surface area contributed by atoms with Crippen molar-refractivity contribution in [2.45, 2.75) is 53.4 Å². The van der Waals surface area contributed by atoms with Gasteiger partial charge in [-0.2, -0.15) is 0 Å². The van der Waals surface area contributed by atoms with Crippen LogP contribution in [0.25, 0.3) is 10.8 Å². The van der Waals surface area contributed by atoms with Crippen LogP contribution in [0.3, 0.4) is 0 Å². The molecule has 0 fully saturated rings. The second-order valence-electron chi connectivity index (χ2n) is 8.89.